The Labute approximate surface area is 716 Å². The molecule has 4 N–H and O–H groups in total. The number of nitrogens with two attached hydrogens (primary N) is 1. The number of aliphatic hydroxyl groups is 1. The number of cyclic esters (lactones) is 2. The molecular weight excluding hydrogens is 1790 g/mol. The fourth-order valence-electron chi connectivity index (χ4n) is 16.5. The van der Waals surface area contributed by atoms with Gasteiger partial charge in [-0.2, -0.15) is 0 Å². The number of rotatable bonds is 8. The molecule has 4 heterocycles. The second-order valence-corrected chi connectivity index (χ2v) is 36.2. The summed E-state index contributed by atoms with van der Waals surface area (Å²) in [5, 5.41) is 47.0. The summed E-state index contributed by atoms with van der Waals surface area (Å²) in [6.07, 6.45) is 2.24. The summed E-state index contributed by atoms with van der Waals surface area (Å²) in [6.45, 7) is 26.3. The van der Waals surface area contributed by atoms with Gasteiger partial charge in [-0.25, -0.2) is 14.7 Å². The lowest BCUT2D eigenvalue weighted by Crippen LogP contribution is -2.41. The lowest BCUT2D eigenvalue weighted by atomic mass is 9.68. The number of halogens is 5. The highest BCUT2D eigenvalue weighted by molar-refractivity contribution is 9.11. The molecule has 116 heavy (non-hydrogen) atoms. The summed E-state index contributed by atoms with van der Waals surface area (Å²) in [4.78, 5) is 62.3. The molecule has 0 spiro atoms. The number of nitrogens with one attached hydrogen (secondary N) is 1. The van der Waals surface area contributed by atoms with E-state index in [2.05, 4.69) is 217 Å². The number of benzene rings is 11. The van der Waals surface area contributed by atoms with Crippen LogP contribution in [0, 0.1) is 30.3 Å². The van der Waals surface area contributed by atoms with E-state index in [4.69, 9.17) is 20.2 Å². The average Bonchev–Trinajstić information content (AvgIpc) is 1.50. The normalized spacial score (nSPS) is 15.2. The maximum absolute atomic E-state index is 12.5. The van der Waals surface area contributed by atoms with E-state index in [-0.39, 0.29) is 49.9 Å². The topological polar surface area (TPSA) is 261 Å². The third kappa shape index (κ3) is 16.9. The number of nitrogens with zero attached hydrogens (tertiary/aromatic N) is 6. The molecule has 1 aromatic heterocycles. The Kier molecular flexibility index (Phi) is 24.5. The Morgan fingerprint density at radius 3 is 1.52 bits per heavy atom. The third-order valence-electron chi connectivity index (χ3n) is 21.8. The number of ether oxygens (including phenoxy) is 2. The zero-order valence-corrected chi connectivity index (χ0v) is 74.2. The molecule has 0 fully saturated rings. The van der Waals surface area contributed by atoms with Crippen LogP contribution < -0.4 is 16.0 Å². The van der Waals surface area contributed by atoms with Gasteiger partial charge >= 0.3 is 12.1 Å². The summed E-state index contributed by atoms with van der Waals surface area (Å²) < 4.78 is 17.7. The molecule has 11 aromatic carbocycles. The Morgan fingerprint density at radius 2 is 0.931 bits per heavy atom. The number of aromatic nitrogens is 2. The number of carbonyl (C=O) groups is 2. The number of hydrogen-bond acceptors (Lipinski definition) is 14. The van der Waals surface area contributed by atoms with Crippen molar-refractivity contribution in [3.05, 3.63) is 355 Å². The van der Waals surface area contributed by atoms with Gasteiger partial charge in [0, 0.05) is 110 Å². The first-order valence-corrected chi connectivity index (χ1v) is 41.6. The van der Waals surface area contributed by atoms with Crippen LogP contribution in [-0.2, 0) is 73.0 Å². The van der Waals surface area contributed by atoms with Gasteiger partial charge in [0.25, 0.3) is 17.1 Å². The molecule has 596 valence electrons. The van der Waals surface area contributed by atoms with Crippen LogP contribution in [-0.4, -0.2) is 41.5 Å². The predicted molar refractivity (Wildman–Crippen MR) is 476 cm³/mol. The summed E-state index contributed by atoms with van der Waals surface area (Å²) in [5.41, 5.74) is 25.9. The first-order valence-electron chi connectivity index (χ1n) is 37.6. The molecule has 17 rings (SSSR count). The van der Waals surface area contributed by atoms with Crippen molar-refractivity contribution in [3.63, 3.8) is 0 Å². The number of nitrogen functional groups attached to an aromatic ring is 1. The molecule has 19 nitrogen and oxygen atoms in total. The van der Waals surface area contributed by atoms with E-state index in [0.717, 1.165) is 71.1 Å². The number of nitro benzene ring substituents is 3. The molecule has 2 aliphatic carbocycles. The summed E-state index contributed by atoms with van der Waals surface area (Å²) in [5.74, 6) is 0.996. The van der Waals surface area contributed by atoms with Crippen molar-refractivity contribution in [2.45, 2.75) is 149 Å². The van der Waals surface area contributed by atoms with Gasteiger partial charge in [-0.05, 0) is 170 Å². The van der Waals surface area contributed by atoms with Crippen molar-refractivity contribution >= 4 is 148 Å². The van der Waals surface area contributed by atoms with Gasteiger partial charge in [-0.15, -0.1) is 0 Å². The highest BCUT2D eigenvalue weighted by Gasteiger charge is 2.43. The van der Waals surface area contributed by atoms with Gasteiger partial charge in [-0.3, -0.25) is 39.7 Å². The van der Waals surface area contributed by atoms with Gasteiger partial charge in [0.05, 0.1) is 49.2 Å². The maximum atomic E-state index is 12.5. The lowest BCUT2D eigenvalue weighted by molar-refractivity contribution is -0.385. The van der Waals surface area contributed by atoms with Crippen molar-refractivity contribution in [3.8, 4) is 5.69 Å². The summed E-state index contributed by atoms with van der Waals surface area (Å²) in [6, 6.07) is 68.7. The minimum absolute atomic E-state index is 0.00160. The molecule has 1 amide bonds. The second kappa shape index (κ2) is 33.4. The summed E-state index contributed by atoms with van der Waals surface area (Å²) in [7, 11) is 0. The van der Waals surface area contributed by atoms with E-state index in [0.29, 0.717) is 39.9 Å². The molecule has 0 saturated heterocycles. The molecule has 0 atom stereocenters. The molecule has 5 aliphatic rings. The van der Waals surface area contributed by atoms with E-state index in [9.17, 15) is 45.0 Å². The number of fused-ring (bicyclic) bond motifs is 8. The highest BCUT2D eigenvalue weighted by atomic mass is 79.9. The van der Waals surface area contributed by atoms with Gasteiger partial charge < -0.3 is 25.6 Å². The quantitative estimate of drug-likeness (QED) is 0.0553. The van der Waals surface area contributed by atoms with Crippen LogP contribution >= 0.6 is 79.6 Å². The van der Waals surface area contributed by atoms with Gasteiger partial charge in [0.15, 0.2) is 0 Å². The number of esters is 1. The van der Waals surface area contributed by atoms with Crippen molar-refractivity contribution in [2.24, 2.45) is 0 Å². The molecule has 12 aromatic rings. The number of amides is 1. The first-order chi connectivity index (χ1) is 54.7. The van der Waals surface area contributed by atoms with Crippen LogP contribution in [0.3, 0.4) is 0 Å². The van der Waals surface area contributed by atoms with E-state index < -0.39 is 32.7 Å². The van der Waals surface area contributed by atoms with Crippen LogP contribution in [0.1, 0.15) is 174 Å². The standard InChI is InChI=1S/C18H17BrN2.C16H13BrN2O4.C16H14BrNO2.C16H16BrN.C15H15BrN2O3.C11H12O2/c1-4-15-20-13-10-9-12(19)16-17(13)21(15)14-8-6-5-7-11(14)18(16,2)3;1-16(2)11-5-3-4-6-12(11)18(15(20)23-16)14-9-10(17)7-8-13(14)19(21)22;1-16(2)12-6-4-3-5-10(12)9-11-14(18(19)20)8-7-13(17)15(11)16;1-16(2)12-6-4-3-5-10(12)9-11-14(18)8-7-13(17)15(11)16;1-15(2,19)11-5-3-4-6-12(11)17-13-9-10(16)7-8-14(13)18(20)21;1-11(2)9-6-4-3-5-8(9)7-10(12)13-11/h5-10H,4H2,1-3H3;3-9H,1-2H3;3-8H,9H2,1-2H3;3-8H,9,18H2,1-2H3;3-9,17,19H,1-2H3;3-6H,7H2,1-2H3. The molecule has 0 radical (unpaired) electrons. The van der Waals surface area contributed by atoms with Crippen molar-refractivity contribution in [1.29, 1.82) is 0 Å². The van der Waals surface area contributed by atoms with Gasteiger partial charge in [-0.1, -0.05) is 256 Å². The maximum Gasteiger partial charge on any atom is 0.420 e. The van der Waals surface area contributed by atoms with E-state index >= 15 is 0 Å². The number of para-hydroxylation sites is 3. The minimum Gasteiger partial charge on any atom is -0.455 e. The molecule has 3 aliphatic heterocycles. The fraction of sp³-hybridized carbons (Fsp3) is 0.250. The average molecular weight is 1880 g/mol. The van der Waals surface area contributed by atoms with Crippen molar-refractivity contribution in [1.82, 2.24) is 9.55 Å². The Balaban J connectivity index is 0.000000129. The number of nitro groups is 3. The minimum atomic E-state index is -1.05. The number of carbonyl (C=O) groups excluding carboxylic acids is 2. The second-order valence-electron chi connectivity index (χ2n) is 31.8. The van der Waals surface area contributed by atoms with Crippen LogP contribution in [0.5, 0.6) is 0 Å². The SMILES string of the molecule is CC(C)(O)c1ccccc1Nc1cc(Br)ccc1[N+](=O)[O-].CC1(C)OC(=O)Cc2ccccc21.CC1(C)OC(=O)N(c2cc(Br)ccc2[N+](=O)[O-])c2ccccc21.CC1(C)c2ccccc2Cc2c(N)ccc(Br)c21.CC1(C)c2ccccc2Cc2c([N+](=O)[O-])ccc(Br)c21.CCc1nc2ccc(Br)c3c2n1-c1ccccc1C3(C)C. The van der Waals surface area contributed by atoms with E-state index in [1.807, 2.05) is 74.5 Å². The Bertz CT molecular complexity index is 5910. The molecule has 0 unspecified atom stereocenters. The highest BCUT2D eigenvalue weighted by Crippen LogP contribution is 2.52. The van der Waals surface area contributed by atoms with Crippen LogP contribution in [0.15, 0.2) is 241 Å². The molecule has 24 heteroatoms. The van der Waals surface area contributed by atoms with E-state index in [1.165, 1.54) is 83.3 Å². The van der Waals surface area contributed by atoms with Crippen LogP contribution in [0.2, 0.25) is 0 Å². The van der Waals surface area contributed by atoms with Crippen molar-refractivity contribution in [2.75, 3.05) is 16.0 Å². The monoisotopic (exact) mass is 1870 g/mol. The zero-order chi connectivity index (χ0) is 84.1. The Hall–Kier alpha value is -10.2. The largest absolute Gasteiger partial charge is 0.455 e. The third-order valence-corrected chi connectivity index (χ3v) is 24.7. The number of imidazole rings is 1. The van der Waals surface area contributed by atoms with Crippen LogP contribution in [0.4, 0.5) is 50.3 Å². The number of anilines is 5. The molecule has 0 bridgehead atoms. The van der Waals surface area contributed by atoms with E-state index in [1.54, 1.807) is 88.4 Å². The first kappa shape index (κ1) is 85.2. The zero-order valence-electron chi connectivity index (χ0n) is 66.3. The molecule has 0 saturated carbocycles. The summed E-state index contributed by atoms with van der Waals surface area (Å²) >= 11 is 17.6. The van der Waals surface area contributed by atoms with Crippen molar-refractivity contribution < 1.29 is 38.9 Å². The smallest absolute Gasteiger partial charge is 0.420 e. The Morgan fingerprint density at radius 1 is 0.483 bits per heavy atom. The fourth-order valence-corrected chi connectivity index (χ4v) is 19.7. The van der Waals surface area contributed by atoms with Crippen LogP contribution in [0.25, 0.3) is 16.7 Å². The van der Waals surface area contributed by atoms with Gasteiger partial charge in [0.1, 0.15) is 28.4 Å². The lowest BCUT2D eigenvalue weighted by Gasteiger charge is -2.38. The molecular formula is C92H87Br5N8O11. The number of aryl methyl sites for hydroxylation is 1. The predicted octanol–water partition coefficient (Wildman–Crippen LogP) is 25.1. The number of hydrogen-bond donors (Lipinski definition) is 3. The van der Waals surface area contributed by atoms with Gasteiger partial charge in [0.2, 0.25) is 0 Å².